The minimum absolute atomic E-state index is 0.105. The van der Waals surface area contributed by atoms with E-state index >= 15 is 0 Å². The van der Waals surface area contributed by atoms with E-state index < -0.39 is 0 Å². The van der Waals surface area contributed by atoms with Crippen LogP contribution in [0.1, 0.15) is 28.5 Å². The van der Waals surface area contributed by atoms with E-state index in [2.05, 4.69) is 49.4 Å². The quantitative estimate of drug-likeness (QED) is 0.352. The normalized spacial score (nSPS) is 16.3. The van der Waals surface area contributed by atoms with E-state index in [1.807, 2.05) is 43.3 Å². The van der Waals surface area contributed by atoms with Crippen LogP contribution in [-0.2, 0) is 17.7 Å². The van der Waals surface area contributed by atoms with Crippen molar-refractivity contribution in [2.24, 2.45) is 0 Å². The van der Waals surface area contributed by atoms with Crippen LogP contribution >= 0.6 is 0 Å². The second kappa shape index (κ2) is 10.2. The maximum Gasteiger partial charge on any atom is 0.249 e. The number of anilines is 3. The number of hydrogen-bond acceptors (Lipinski definition) is 8. The molecular formula is C29H30N6O3. The first-order chi connectivity index (χ1) is 18.5. The van der Waals surface area contributed by atoms with Crippen LogP contribution in [0.5, 0.6) is 11.5 Å². The first-order valence-electron chi connectivity index (χ1n) is 12.7. The van der Waals surface area contributed by atoms with E-state index in [0.717, 1.165) is 58.2 Å². The average molecular weight is 511 g/mol. The lowest BCUT2D eigenvalue weighted by Gasteiger charge is -2.36. The van der Waals surface area contributed by atoms with E-state index in [1.54, 1.807) is 18.5 Å². The summed E-state index contributed by atoms with van der Waals surface area (Å²) in [6.45, 7) is 2.57. The molecule has 0 aliphatic carbocycles. The lowest BCUT2D eigenvalue weighted by atomic mass is 9.95. The van der Waals surface area contributed by atoms with Crippen molar-refractivity contribution in [2.45, 2.75) is 19.1 Å². The maximum atomic E-state index is 11.8. The fraction of sp³-hybridized carbons (Fsp3) is 0.276. The average Bonchev–Trinajstić information content (AvgIpc) is 2.95. The number of morpholine rings is 1. The van der Waals surface area contributed by atoms with Gasteiger partial charge in [0.15, 0.2) is 0 Å². The first-order valence-corrected chi connectivity index (χ1v) is 12.7. The summed E-state index contributed by atoms with van der Waals surface area (Å²) in [6, 6.07) is 17.9. The molecule has 2 aromatic heterocycles. The predicted molar refractivity (Wildman–Crippen MR) is 147 cm³/mol. The van der Waals surface area contributed by atoms with E-state index in [1.165, 1.54) is 0 Å². The highest BCUT2D eigenvalue weighted by atomic mass is 16.5. The second-order valence-corrected chi connectivity index (χ2v) is 9.75. The van der Waals surface area contributed by atoms with Crippen molar-refractivity contribution in [1.29, 1.82) is 0 Å². The number of aromatic amines is 1. The van der Waals surface area contributed by atoms with E-state index in [0.29, 0.717) is 25.6 Å². The number of ether oxygens (including phenoxy) is 2. The van der Waals surface area contributed by atoms with Gasteiger partial charge in [-0.15, -0.1) is 0 Å². The molecule has 0 radical (unpaired) electrons. The molecule has 1 fully saturated rings. The molecule has 9 heteroatoms. The summed E-state index contributed by atoms with van der Waals surface area (Å²) in [5.41, 5.74) is 6.03. The number of fused-ring (bicyclic) bond motifs is 2. The smallest absolute Gasteiger partial charge is 0.249 e. The van der Waals surface area contributed by atoms with Crippen LogP contribution in [0.25, 0.3) is 0 Å². The monoisotopic (exact) mass is 510 g/mol. The van der Waals surface area contributed by atoms with Crippen LogP contribution in [0, 0.1) is 0 Å². The number of rotatable bonds is 6. The molecule has 4 aromatic rings. The Morgan fingerprint density at radius 2 is 2.05 bits per heavy atom. The zero-order chi connectivity index (χ0) is 26.1. The third kappa shape index (κ3) is 4.92. The highest BCUT2D eigenvalue weighted by molar-refractivity contribution is 5.59. The molecule has 38 heavy (non-hydrogen) atoms. The van der Waals surface area contributed by atoms with Crippen LogP contribution in [-0.4, -0.2) is 48.7 Å². The van der Waals surface area contributed by atoms with Crippen molar-refractivity contribution in [3.63, 3.8) is 0 Å². The van der Waals surface area contributed by atoms with Crippen molar-refractivity contribution in [3.8, 4) is 11.5 Å². The Hall–Kier alpha value is -4.37. The second-order valence-electron chi connectivity index (χ2n) is 9.75. The third-order valence-corrected chi connectivity index (χ3v) is 6.89. The van der Waals surface area contributed by atoms with Gasteiger partial charge in [0.25, 0.3) is 0 Å². The molecule has 0 bridgehead atoms. The molecule has 2 aliphatic heterocycles. The van der Waals surface area contributed by atoms with E-state index in [9.17, 15) is 4.79 Å². The molecule has 0 spiro atoms. The first kappa shape index (κ1) is 24.0. The van der Waals surface area contributed by atoms with Crippen LogP contribution in [0.3, 0.4) is 0 Å². The van der Waals surface area contributed by atoms with Gasteiger partial charge in [0.05, 0.1) is 18.8 Å². The molecule has 1 unspecified atom stereocenters. The SMILES string of the molecule is CN(C)c1nccc(CNc2ccc3c(c2)Cc2cccc(C4CN(c5cc[nH]c(=O)c5)CCO4)c2O3)n1. The van der Waals surface area contributed by atoms with Gasteiger partial charge in [-0.1, -0.05) is 18.2 Å². The lowest BCUT2D eigenvalue weighted by molar-refractivity contribution is 0.0384. The molecule has 4 heterocycles. The van der Waals surface area contributed by atoms with Crippen molar-refractivity contribution in [2.75, 3.05) is 48.9 Å². The Morgan fingerprint density at radius 1 is 1.13 bits per heavy atom. The summed E-state index contributed by atoms with van der Waals surface area (Å²) in [5.74, 6) is 2.42. The minimum Gasteiger partial charge on any atom is -0.456 e. The van der Waals surface area contributed by atoms with Gasteiger partial charge in [-0.3, -0.25) is 4.79 Å². The summed E-state index contributed by atoms with van der Waals surface area (Å²) in [7, 11) is 3.86. The van der Waals surface area contributed by atoms with Crippen LogP contribution < -0.4 is 25.4 Å². The summed E-state index contributed by atoms with van der Waals surface area (Å²) in [5, 5.41) is 3.47. The fourth-order valence-corrected chi connectivity index (χ4v) is 4.96. The van der Waals surface area contributed by atoms with Crippen LogP contribution in [0.2, 0.25) is 0 Å². The van der Waals surface area contributed by atoms with Gasteiger partial charge in [-0.2, -0.15) is 0 Å². The lowest BCUT2D eigenvalue weighted by Crippen LogP contribution is -2.39. The molecule has 194 valence electrons. The highest BCUT2D eigenvalue weighted by Crippen LogP contribution is 2.43. The van der Waals surface area contributed by atoms with Gasteiger partial charge in [-0.05, 0) is 35.9 Å². The number of pyridine rings is 1. The molecule has 1 atom stereocenters. The van der Waals surface area contributed by atoms with Gasteiger partial charge in [0.2, 0.25) is 11.5 Å². The summed E-state index contributed by atoms with van der Waals surface area (Å²) in [6.07, 6.45) is 4.09. The molecular weight excluding hydrogens is 480 g/mol. The van der Waals surface area contributed by atoms with Gasteiger partial charge in [0, 0.05) is 74.6 Å². The zero-order valence-electron chi connectivity index (χ0n) is 21.5. The summed E-state index contributed by atoms with van der Waals surface area (Å²) in [4.78, 5) is 27.5. The predicted octanol–water partition coefficient (Wildman–Crippen LogP) is 4.12. The molecule has 9 nitrogen and oxygen atoms in total. The minimum atomic E-state index is -0.152. The summed E-state index contributed by atoms with van der Waals surface area (Å²) >= 11 is 0. The number of nitrogens with zero attached hydrogens (tertiary/aromatic N) is 4. The number of benzene rings is 2. The van der Waals surface area contributed by atoms with Gasteiger partial charge >= 0.3 is 0 Å². The third-order valence-electron chi connectivity index (χ3n) is 6.89. The maximum absolute atomic E-state index is 11.8. The highest BCUT2D eigenvalue weighted by Gasteiger charge is 2.28. The molecule has 0 amide bonds. The fourth-order valence-electron chi connectivity index (χ4n) is 4.96. The van der Waals surface area contributed by atoms with E-state index in [4.69, 9.17) is 9.47 Å². The number of nitrogens with one attached hydrogen (secondary N) is 2. The molecule has 0 saturated carbocycles. The van der Waals surface area contributed by atoms with Crippen molar-refractivity contribution >= 4 is 17.3 Å². The zero-order valence-corrected chi connectivity index (χ0v) is 21.5. The molecule has 2 N–H and O–H groups in total. The topological polar surface area (TPSA) is 95.6 Å². The van der Waals surface area contributed by atoms with Crippen LogP contribution in [0.15, 0.2) is 71.8 Å². The number of para-hydroxylation sites is 1. The Labute approximate surface area is 221 Å². The van der Waals surface area contributed by atoms with E-state index in [-0.39, 0.29) is 11.7 Å². The van der Waals surface area contributed by atoms with Crippen molar-refractivity contribution < 1.29 is 9.47 Å². The van der Waals surface area contributed by atoms with Gasteiger partial charge < -0.3 is 29.6 Å². The van der Waals surface area contributed by atoms with Crippen molar-refractivity contribution in [3.05, 3.63) is 99.7 Å². The molecule has 2 aromatic carbocycles. The Kier molecular flexibility index (Phi) is 6.43. The van der Waals surface area contributed by atoms with Crippen LogP contribution in [0.4, 0.5) is 17.3 Å². The Morgan fingerprint density at radius 3 is 2.92 bits per heavy atom. The van der Waals surface area contributed by atoms with Crippen molar-refractivity contribution in [1.82, 2.24) is 15.0 Å². The standard InChI is InChI=1S/C29H30N6O3/c1-34(2)29-31-10-8-22(33-29)17-32-21-6-7-25-20(15-21)14-19-4-3-5-24(28(19)38-25)26-18-35(12-13-37-26)23-9-11-30-27(36)16-23/h3-11,15-16,26,32H,12-14,17-18H2,1-2H3,(H,30,36). The molecule has 1 saturated heterocycles. The molecule has 2 aliphatic rings. The Balaban J connectivity index is 1.18. The van der Waals surface area contributed by atoms with Gasteiger partial charge in [0.1, 0.15) is 17.6 Å². The number of hydrogen-bond donors (Lipinski definition) is 2. The van der Waals surface area contributed by atoms with Gasteiger partial charge in [-0.25, -0.2) is 9.97 Å². The molecule has 6 rings (SSSR count). The number of aromatic nitrogens is 3. The summed E-state index contributed by atoms with van der Waals surface area (Å²) < 4.78 is 12.7. The number of H-pyrrole nitrogens is 1. The largest absolute Gasteiger partial charge is 0.456 e. The Bertz CT molecular complexity index is 1520.